The van der Waals surface area contributed by atoms with E-state index in [1.807, 2.05) is 24.1 Å². The first-order valence-electron chi connectivity index (χ1n) is 6.00. The molecular formula is C13H15BrN2O2S. The Hall–Kier alpha value is -0.900. The summed E-state index contributed by atoms with van der Waals surface area (Å²) in [6.07, 6.45) is 0.689. The summed E-state index contributed by atoms with van der Waals surface area (Å²) >= 11 is 3.46. The molecule has 19 heavy (non-hydrogen) atoms. The smallest absolute Gasteiger partial charge is 0.151 e. The Labute approximate surface area is 122 Å². The quantitative estimate of drug-likeness (QED) is 0.842. The molecule has 1 aliphatic rings. The first-order chi connectivity index (χ1) is 8.91. The third-order valence-electron chi connectivity index (χ3n) is 3.43. The summed E-state index contributed by atoms with van der Waals surface area (Å²) in [7, 11) is -0.934. The zero-order valence-electron chi connectivity index (χ0n) is 10.6. The van der Waals surface area contributed by atoms with E-state index in [0.29, 0.717) is 18.5 Å². The van der Waals surface area contributed by atoms with Gasteiger partial charge in [0.2, 0.25) is 0 Å². The zero-order chi connectivity index (χ0) is 14.0. The monoisotopic (exact) mass is 342 g/mol. The number of nitrogens with zero attached hydrogens (tertiary/aromatic N) is 2. The van der Waals surface area contributed by atoms with Gasteiger partial charge in [0.1, 0.15) is 0 Å². The predicted octanol–water partition coefficient (Wildman–Crippen LogP) is 1.94. The summed E-state index contributed by atoms with van der Waals surface area (Å²) < 4.78 is 23.9. The lowest BCUT2D eigenvalue weighted by molar-refractivity contribution is 0.253. The molecule has 0 saturated carbocycles. The highest BCUT2D eigenvalue weighted by molar-refractivity contribution is 9.10. The lowest BCUT2D eigenvalue weighted by Gasteiger charge is -2.23. The molecule has 0 radical (unpaired) electrons. The average Bonchev–Trinajstić information content (AvgIpc) is 2.72. The SMILES string of the molecule is CN(Cc1cc(C#N)ccc1Br)C1CCS(=O)(=O)C1. The molecule has 0 aromatic heterocycles. The van der Waals surface area contributed by atoms with E-state index in [9.17, 15) is 8.42 Å². The van der Waals surface area contributed by atoms with Crippen molar-refractivity contribution in [1.82, 2.24) is 4.90 Å². The van der Waals surface area contributed by atoms with Gasteiger partial charge in [-0.1, -0.05) is 15.9 Å². The summed E-state index contributed by atoms with van der Waals surface area (Å²) in [5, 5.41) is 8.91. The summed E-state index contributed by atoms with van der Waals surface area (Å²) in [5.41, 5.74) is 1.62. The molecule has 1 atom stereocenters. The summed E-state index contributed by atoms with van der Waals surface area (Å²) in [6.45, 7) is 0.635. The van der Waals surface area contributed by atoms with Gasteiger partial charge in [-0.05, 0) is 37.2 Å². The second-order valence-electron chi connectivity index (χ2n) is 4.89. The van der Waals surface area contributed by atoms with Crippen molar-refractivity contribution in [2.45, 2.75) is 19.0 Å². The minimum atomic E-state index is -2.86. The molecule has 2 rings (SSSR count). The fourth-order valence-electron chi connectivity index (χ4n) is 2.29. The fraction of sp³-hybridized carbons (Fsp3) is 0.462. The van der Waals surface area contributed by atoms with Crippen molar-refractivity contribution >= 4 is 25.8 Å². The van der Waals surface area contributed by atoms with E-state index >= 15 is 0 Å². The second-order valence-corrected chi connectivity index (χ2v) is 7.97. The van der Waals surface area contributed by atoms with Crippen LogP contribution in [0.1, 0.15) is 17.5 Å². The van der Waals surface area contributed by atoms with Crippen molar-refractivity contribution in [3.8, 4) is 6.07 Å². The maximum Gasteiger partial charge on any atom is 0.151 e. The van der Waals surface area contributed by atoms with Gasteiger partial charge < -0.3 is 0 Å². The molecule has 1 aliphatic heterocycles. The van der Waals surface area contributed by atoms with Gasteiger partial charge in [-0.15, -0.1) is 0 Å². The minimum absolute atomic E-state index is 0.0719. The van der Waals surface area contributed by atoms with Crippen LogP contribution in [0.3, 0.4) is 0 Å². The average molecular weight is 343 g/mol. The predicted molar refractivity (Wildman–Crippen MR) is 77.4 cm³/mol. The van der Waals surface area contributed by atoms with Gasteiger partial charge in [-0.25, -0.2) is 8.42 Å². The zero-order valence-corrected chi connectivity index (χ0v) is 13.0. The second kappa shape index (κ2) is 5.61. The highest BCUT2D eigenvalue weighted by atomic mass is 79.9. The molecule has 1 fully saturated rings. The van der Waals surface area contributed by atoms with Crippen LogP contribution in [0.25, 0.3) is 0 Å². The van der Waals surface area contributed by atoms with Crippen molar-refractivity contribution in [2.24, 2.45) is 0 Å². The molecule has 102 valence electrons. The third kappa shape index (κ3) is 3.56. The number of halogens is 1. The lowest BCUT2D eigenvalue weighted by Crippen LogP contribution is -2.32. The Kier molecular flexibility index (Phi) is 4.29. The highest BCUT2D eigenvalue weighted by Crippen LogP contribution is 2.23. The van der Waals surface area contributed by atoms with Crippen molar-refractivity contribution < 1.29 is 8.42 Å². The topological polar surface area (TPSA) is 61.2 Å². The number of nitriles is 1. The van der Waals surface area contributed by atoms with Gasteiger partial charge in [-0.3, -0.25) is 4.90 Å². The number of rotatable bonds is 3. The Bertz CT molecular complexity index is 622. The largest absolute Gasteiger partial charge is 0.298 e. The van der Waals surface area contributed by atoms with Crippen LogP contribution in [0.5, 0.6) is 0 Å². The van der Waals surface area contributed by atoms with Crippen LogP contribution in [0.2, 0.25) is 0 Å². The molecular weight excluding hydrogens is 328 g/mol. The highest BCUT2D eigenvalue weighted by Gasteiger charge is 2.30. The molecule has 1 heterocycles. The standard InChI is InChI=1S/C13H15BrN2O2S/c1-16(12-4-5-19(17,18)9-12)8-11-6-10(7-15)2-3-13(11)14/h2-3,6,12H,4-5,8-9H2,1H3. The van der Waals surface area contributed by atoms with E-state index in [-0.39, 0.29) is 17.5 Å². The van der Waals surface area contributed by atoms with E-state index in [2.05, 4.69) is 22.0 Å². The van der Waals surface area contributed by atoms with Gasteiger partial charge in [0.15, 0.2) is 9.84 Å². The molecule has 1 aromatic carbocycles. The van der Waals surface area contributed by atoms with E-state index in [4.69, 9.17) is 5.26 Å². The van der Waals surface area contributed by atoms with Gasteiger partial charge in [-0.2, -0.15) is 5.26 Å². The van der Waals surface area contributed by atoms with Crippen LogP contribution < -0.4 is 0 Å². The first-order valence-corrected chi connectivity index (χ1v) is 8.62. The van der Waals surface area contributed by atoms with E-state index < -0.39 is 9.84 Å². The molecule has 0 amide bonds. The van der Waals surface area contributed by atoms with Gasteiger partial charge in [0, 0.05) is 17.1 Å². The van der Waals surface area contributed by atoms with Crippen LogP contribution in [0.4, 0.5) is 0 Å². The van der Waals surface area contributed by atoms with Crippen LogP contribution >= 0.6 is 15.9 Å². The van der Waals surface area contributed by atoms with Gasteiger partial charge in [0.05, 0.1) is 23.1 Å². The maximum absolute atomic E-state index is 11.5. The summed E-state index contributed by atoms with van der Waals surface area (Å²) in [6, 6.07) is 7.64. The Morgan fingerprint density at radius 2 is 2.26 bits per heavy atom. The number of sulfone groups is 1. The Morgan fingerprint density at radius 3 is 2.84 bits per heavy atom. The van der Waals surface area contributed by atoms with Crippen molar-refractivity contribution in [2.75, 3.05) is 18.6 Å². The van der Waals surface area contributed by atoms with Gasteiger partial charge in [0.25, 0.3) is 0 Å². The summed E-state index contributed by atoms with van der Waals surface area (Å²) in [4.78, 5) is 2.05. The molecule has 0 bridgehead atoms. The van der Waals surface area contributed by atoms with E-state index in [1.165, 1.54) is 0 Å². The molecule has 1 saturated heterocycles. The first kappa shape index (κ1) is 14.5. The molecule has 0 aliphatic carbocycles. The lowest BCUT2D eigenvalue weighted by atomic mass is 10.1. The van der Waals surface area contributed by atoms with Crippen molar-refractivity contribution in [1.29, 1.82) is 5.26 Å². The van der Waals surface area contributed by atoms with Crippen molar-refractivity contribution in [3.63, 3.8) is 0 Å². The minimum Gasteiger partial charge on any atom is -0.298 e. The van der Waals surface area contributed by atoms with Crippen LogP contribution in [-0.2, 0) is 16.4 Å². The number of benzene rings is 1. The number of hydrogen-bond acceptors (Lipinski definition) is 4. The van der Waals surface area contributed by atoms with E-state index in [1.54, 1.807) is 6.07 Å². The molecule has 1 unspecified atom stereocenters. The number of hydrogen-bond donors (Lipinski definition) is 0. The molecule has 4 nitrogen and oxygen atoms in total. The molecule has 1 aromatic rings. The van der Waals surface area contributed by atoms with Crippen LogP contribution in [0, 0.1) is 11.3 Å². The van der Waals surface area contributed by atoms with Gasteiger partial charge >= 0.3 is 0 Å². The molecule has 0 spiro atoms. The fourth-order valence-corrected chi connectivity index (χ4v) is 4.46. The van der Waals surface area contributed by atoms with Crippen LogP contribution in [0.15, 0.2) is 22.7 Å². The maximum atomic E-state index is 11.5. The Morgan fingerprint density at radius 1 is 1.53 bits per heavy atom. The normalized spacial score (nSPS) is 21.5. The third-order valence-corrected chi connectivity index (χ3v) is 5.95. The Balaban J connectivity index is 2.11. The van der Waals surface area contributed by atoms with Crippen molar-refractivity contribution in [3.05, 3.63) is 33.8 Å². The molecule has 0 N–H and O–H groups in total. The van der Waals surface area contributed by atoms with E-state index in [0.717, 1.165) is 10.0 Å². The van der Waals surface area contributed by atoms with Crippen LogP contribution in [-0.4, -0.2) is 37.9 Å². The summed E-state index contributed by atoms with van der Waals surface area (Å²) in [5.74, 6) is 0.514. The molecule has 6 heteroatoms.